The molecule has 6 N–H and O–H groups in total. The third-order valence-electron chi connectivity index (χ3n) is 9.73. The van der Waals surface area contributed by atoms with Crippen molar-refractivity contribution in [2.45, 2.75) is 66.7 Å². The lowest BCUT2D eigenvalue weighted by Crippen LogP contribution is -2.20. The second-order valence-corrected chi connectivity index (χ2v) is 13.8. The molecule has 7 aromatic rings. The average Bonchev–Trinajstić information content (AvgIpc) is 3.96. The fourth-order valence-corrected chi connectivity index (χ4v) is 6.98. The van der Waals surface area contributed by atoms with E-state index >= 15 is 0 Å². The van der Waals surface area contributed by atoms with Gasteiger partial charge in [-0.2, -0.15) is 10.2 Å². The summed E-state index contributed by atoms with van der Waals surface area (Å²) in [7, 11) is 1.91. The molecule has 0 spiro atoms. The Labute approximate surface area is 333 Å². The van der Waals surface area contributed by atoms with Gasteiger partial charge in [0.1, 0.15) is 28.3 Å². The van der Waals surface area contributed by atoms with Crippen LogP contribution in [0.4, 0.5) is 5.95 Å². The molecule has 6 heterocycles. The maximum absolute atomic E-state index is 13.5. The van der Waals surface area contributed by atoms with Gasteiger partial charge in [-0.25, -0.2) is 19.9 Å². The maximum atomic E-state index is 13.5. The summed E-state index contributed by atoms with van der Waals surface area (Å²) in [4.78, 5) is 57.1. The molecule has 300 valence electrons. The monoisotopic (exact) mass is 786 g/mol. The Morgan fingerprint density at radius 2 is 1.52 bits per heavy atom. The Morgan fingerprint density at radius 1 is 0.793 bits per heavy atom. The van der Waals surface area contributed by atoms with Gasteiger partial charge in [-0.05, 0) is 84.5 Å². The number of amides is 3. The number of unbranched alkanes of at least 4 members (excludes halogenated alkanes) is 1. The number of fused-ring (bicyclic) bond motifs is 4. The first-order valence-electron chi connectivity index (χ1n) is 19.1. The highest BCUT2D eigenvalue weighted by Gasteiger charge is 2.22. The van der Waals surface area contributed by atoms with E-state index in [0.717, 1.165) is 47.1 Å². The van der Waals surface area contributed by atoms with Crippen molar-refractivity contribution < 1.29 is 19.1 Å². The van der Waals surface area contributed by atoms with Gasteiger partial charge in [0.25, 0.3) is 5.91 Å². The van der Waals surface area contributed by atoms with E-state index in [1.807, 2.05) is 62.2 Å². The third-order valence-corrected chi connectivity index (χ3v) is 9.73. The average molecular weight is 787 g/mol. The zero-order valence-corrected chi connectivity index (χ0v) is 33.1. The van der Waals surface area contributed by atoms with Gasteiger partial charge in [0.2, 0.25) is 17.8 Å². The topological polar surface area (TPSA) is 234 Å². The molecule has 0 aliphatic heterocycles. The molecule has 3 amide bonds. The predicted octanol–water partition coefficient (Wildman–Crippen LogP) is 4.13. The highest BCUT2D eigenvalue weighted by atomic mass is 16.5. The lowest BCUT2D eigenvalue weighted by Gasteiger charge is -2.12. The van der Waals surface area contributed by atoms with Crippen molar-refractivity contribution >= 4 is 56.8 Å². The number of aromatic nitrogens is 10. The lowest BCUT2D eigenvalue weighted by atomic mass is 10.1. The summed E-state index contributed by atoms with van der Waals surface area (Å²) in [5.74, 6) is -0.395. The number of hydrogen-bond donors (Lipinski definition) is 4. The van der Waals surface area contributed by atoms with Crippen LogP contribution in [0, 0.1) is 13.8 Å². The molecular weight excluding hydrogens is 741 g/mol. The molecule has 18 heteroatoms. The molecule has 0 unspecified atom stereocenters. The Morgan fingerprint density at radius 3 is 2.24 bits per heavy atom. The number of nitrogens with zero attached hydrogens (tertiary/aromatic N) is 10. The molecule has 6 aromatic heterocycles. The number of allylic oxidation sites excluding steroid dienone is 2. The summed E-state index contributed by atoms with van der Waals surface area (Å²) < 4.78 is 13.6. The van der Waals surface area contributed by atoms with E-state index in [-0.39, 0.29) is 18.1 Å². The third kappa shape index (κ3) is 7.73. The second-order valence-electron chi connectivity index (χ2n) is 13.8. The van der Waals surface area contributed by atoms with Crippen molar-refractivity contribution in [1.29, 1.82) is 0 Å². The van der Waals surface area contributed by atoms with Gasteiger partial charge in [-0.1, -0.05) is 12.2 Å². The van der Waals surface area contributed by atoms with E-state index in [2.05, 4.69) is 30.8 Å². The van der Waals surface area contributed by atoms with Crippen molar-refractivity contribution in [1.82, 2.24) is 53.9 Å². The molecule has 7 rings (SSSR count). The molecule has 0 bridgehead atoms. The minimum atomic E-state index is -0.645. The number of primary amides is 2. The molecule has 0 atom stereocenters. The van der Waals surface area contributed by atoms with E-state index in [9.17, 15) is 14.4 Å². The molecule has 58 heavy (non-hydrogen) atoms. The Bertz CT molecular complexity index is 2720. The number of anilines is 1. The zero-order chi connectivity index (χ0) is 41.1. The maximum Gasteiger partial charge on any atom is 0.276 e. The normalized spacial score (nSPS) is 11.7. The standard InChI is InChI=1S/C40H46N14O4/c1-6-53-30(16-23(3)49-53)36-44-22-28-27-18-25(34(41)55)20-32(58-15-11-8-12-43-5)33(27)51(37(28)47-36)13-9-10-14-52-38-29(19-26(21-45-38)35(42)56)46-40(52)48-39(57)31-17-24(4)50-54(31)7-2/h9-10,16-22,43H,6-8,11-15H2,1-5H3,(H2,41,55)(H2,42,56)(H,46,48,57). The number of imidazole rings is 1. The number of hydrogen-bond acceptors (Lipinski definition) is 11. The van der Waals surface area contributed by atoms with Crippen LogP contribution in [0.5, 0.6) is 5.75 Å². The lowest BCUT2D eigenvalue weighted by molar-refractivity contribution is 0.0991. The van der Waals surface area contributed by atoms with E-state index < -0.39 is 17.7 Å². The van der Waals surface area contributed by atoms with Gasteiger partial charge in [-0.15, -0.1) is 0 Å². The van der Waals surface area contributed by atoms with Crippen molar-refractivity contribution in [3.63, 3.8) is 0 Å². The van der Waals surface area contributed by atoms with Crippen LogP contribution >= 0.6 is 0 Å². The molecular formula is C40H46N14O4. The van der Waals surface area contributed by atoms with Crippen molar-refractivity contribution in [3.05, 3.63) is 83.1 Å². The minimum Gasteiger partial charge on any atom is -0.491 e. The van der Waals surface area contributed by atoms with Gasteiger partial charge in [-0.3, -0.25) is 33.6 Å². The van der Waals surface area contributed by atoms with Gasteiger partial charge < -0.3 is 26.1 Å². The number of nitrogens with two attached hydrogens (primary N) is 2. The fraction of sp³-hybridized carbons (Fsp3) is 0.325. The van der Waals surface area contributed by atoms with Crippen LogP contribution in [-0.2, 0) is 26.2 Å². The SMILES string of the molecule is CCn1nc(C)cc1C(=O)Nc1nc2cc(C(N)=O)cnc2n1CC=CCn1c2nc(-c3cc(C)nn3CC)ncc2c2cc(C(N)=O)cc(OCCCCNC)c21. The number of carbonyl (C=O) groups is 3. The van der Waals surface area contributed by atoms with Gasteiger partial charge in [0.05, 0.1) is 29.1 Å². The summed E-state index contributed by atoms with van der Waals surface area (Å²) in [6, 6.07) is 8.63. The van der Waals surface area contributed by atoms with Crippen LogP contribution in [0.15, 0.2) is 54.9 Å². The molecule has 0 aliphatic carbocycles. The first-order valence-corrected chi connectivity index (χ1v) is 19.1. The molecule has 1 aromatic carbocycles. The number of ether oxygens (including phenoxy) is 1. The van der Waals surface area contributed by atoms with E-state index in [4.69, 9.17) is 26.2 Å². The van der Waals surface area contributed by atoms with Crippen LogP contribution < -0.4 is 26.8 Å². The molecule has 0 fully saturated rings. The Kier molecular flexibility index (Phi) is 11.3. The largest absolute Gasteiger partial charge is 0.491 e. The molecule has 18 nitrogen and oxygen atoms in total. The number of pyridine rings is 1. The number of carbonyl (C=O) groups excluding carboxylic acids is 3. The Hall–Kier alpha value is -6.95. The zero-order valence-electron chi connectivity index (χ0n) is 33.1. The fourth-order valence-electron chi connectivity index (χ4n) is 6.98. The minimum absolute atomic E-state index is 0.190. The summed E-state index contributed by atoms with van der Waals surface area (Å²) in [5.41, 5.74) is 16.8. The summed E-state index contributed by atoms with van der Waals surface area (Å²) >= 11 is 0. The second kappa shape index (κ2) is 16.6. The van der Waals surface area contributed by atoms with Gasteiger partial charge in [0, 0.05) is 54.9 Å². The van der Waals surface area contributed by atoms with E-state index in [1.165, 1.54) is 6.20 Å². The van der Waals surface area contributed by atoms with Crippen molar-refractivity contribution in [2.75, 3.05) is 25.5 Å². The van der Waals surface area contributed by atoms with Gasteiger partial charge in [0.15, 0.2) is 11.5 Å². The van der Waals surface area contributed by atoms with Crippen LogP contribution in [-0.4, -0.2) is 86.6 Å². The molecule has 0 radical (unpaired) electrons. The first kappa shape index (κ1) is 39.3. The van der Waals surface area contributed by atoms with Crippen LogP contribution in [0.1, 0.15) is 69.3 Å². The predicted molar refractivity (Wildman–Crippen MR) is 220 cm³/mol. The number of rotatable bonds is 17. The van der Waals surface area contributed by atoms with Crippen molar-refractivity contribution in [2.24, 2.45) is 11.5 Å². The van der Waals surface area contributed by atoms with Crippen LogP contribution in [0.25, 0.3) is 44.6 Å². The summed E-state index contributed by atoms with van der Waals surface area (Å²) in [6.07, 6.45) is 8.73. The molecule has 0 saturated heterocycles. The molecule has 0 saturated carbocycles. The van der Waals surface area contributed by atoms with Crippen molar-refractivity contribution in [3.8, 4) is 17.3 Å². The van der Waals surface area contributed by atoms with Gasteiger partial charge >= 0.3 is 0 Å². The van der Waals surface area contributed by atoms with E-state index in [1.54, 1.807) is 39.7 Å². The Balaban J connectivity index is 1.30. The quantitative estimate of drug-likeness (QED) is 0.0757. The summed E-state index contributed by atoms with van der Waals surface area (Å²) in [5, 5.41) is 16.5. The number of nitrogens with one attached hydrogen (secondary N) is 2. The highest BCUT2D eigenvalue weighted by Crippen LogP contribution is 2.36. The van der Waals surface area contributed by atoms with Crippen LogP contribution in [0.3, 0.4) is 0 Å². The van der Waals surface area contributed by atoms with E-state index in [0.29, 0.717) is 71.6 Å². The highest BCUT2D eigenvalue weighted by molar-refractivity contribution is 6.12. The number of benzene rings is 1. The molecule has 0 aliphatic rings. The smallest absolute Gasteiger partial charge is 0.276 e. The number of aryl methyl sites for hydroxylation is 4. The summed E-state index contributed by atoms with van der Waals surface area (Å²) in [6.45, 7) is 10.6. The first-order chi connectivity index (χ1) is 28.0. The van der Waals surface area contributed by atoms with Crippen LogP contribution in [0.2, 0.25) is 0 Å².